The SMILES string of the molecule is COc1ccc(Cn2nnnc2SCc2nnc(C)o2)cc1. The van der Waals surface area contributed by atoms with Crippen LogP contribution in [0.4, 0.5) is 0 Å². The quantitative estimate of drug-likeness (QED) is 0.634. The second kappa shape index (κ2) is 6.56. The van der Waals surface area contributed by atoms with Gasteiger partial charge in [-0.25, -0.2) is 4.68 Å². The normalized spacial score (nSPS) is 10.8. The van der Waals surface area contributed by atoms with Crippen molar-refractivity contribution in [2.45, 2.75) is 24.4 Å². The summed E-state index contributed by atoms with van der Waals surface area (Å²) >= 11 is 1.45. The molecule has 8 nitrogen and oxygen atoms in total. The molecule has 0 spiro atoms. The highest BCUT2D eigenvalue weighted by Gasteiger charge is 2.10. The maximum Gasteiger partial charge on any atom is 0.226 e. The van der Waals surface area contributed by atoms with Gasteiger partial charge < -0.3 is 9.15 Å². The molecule has 0 N–H and O–H groups in total. The van der Waals surface area contributed by atoms with Crippen molar-refractivity contribution >= 4 is 11.8 Å². The number of tetrazole rings is 1. The van der Waals surface area contributed by atoms with Crippen molar-refractivity contribution in [2.24, 2.45) is 0 Å². The molecule has 1 aromatic carbocycles. The number of methoxy groups -OCH3 is 1. The molecule has 0 radical (unpaired) electrons. The minimum atomic E-state index is 0.532. The Hall–Kier alpha value is -2.42. The molecule has 0 aliphatic rings. The lowest BCUT2D eigenvalue weighted by Crippen LogP contribution is -2.04. The fourth-order valence-corrected chi connectivity index (χ4v) is 2.54. The molecule has 2 aromatic heterocycles. The topological polar surface area (TPSA) is 91.8 Å². The van der Waals surface area contributed by atoms with Crippen molar-refractivity contribution in [3.63, 3.8) is 0 Å². The summed E-state index contributed by atoms with van der Waals surface area (Å²) in [6.07, 6.45) is 0. The summed E-state index contributed by atoms with van der Waals surface area (Å²) in [7, 11) is 1.64. The van der Waals surface area contributed by atoms with Gasteiger partial charge in [0.25, 0.3) is 0 Å². The predicted octanol–water partition coefficient (Wildman–Crippen LogP) is 1.71. The van der Waals surface area contributed by atoms with E-state index < -0.39 is 0 Å². The van der Waals surface area contributed by atoms with Crippen LogP contribution in [0, 0.1) is 6.92 Å². The van der Waals surface area contributed by atoms with E-state index in [1.165, 1.54) is 11.8 Å². The van der Waals surface area contributed by atoms with Crippen LogP contribution in [-0.2, 0) is 12.3 Å². The van der Waals surface area contributed by atoms with Crippen molar-refractivity contribution < 1.29 is 9.15 Å². The lowest BCUT2D eigenvalue weighted by atomic mass is 10.2. The van der Waals surface area contributed by atoms with Crippen molar-refractivity contribution in [1.82, 2.24) is 30.4 Å². The molecule has 0 bridgehead atoms. The number of benzene rings is 1. The lowest BCUT2D eigenvalue weighted by Gasteiger charge is -2.05. The van der Waals surface area contributed by atoms with E-state index in [1.807, 2.05) is 24.3 Å². The Morgan fingerprint density at radius 2 is 2.00 bits per heavy atom. The maximum absolute atomic E-state index is 5.33. The molecule has 0 fully saturated rings. The third-order valence-electron chi connectivity index (χ3n) is 2.88. The largest absolute Gasteiger partial charge is 0.497 e. The van der Waals surface area contributed by atoms with E-state index in [4.69, 9.17) is 9.15 Å². The van der Waals surface area contributed by atoms with Gasteiger partial charge in [0.2, 0.25) is 16.9 Å². The predicted molar refractivity (Wildman–Crippen MR) is 78.5 cm³/mol. The minimum absolute atomic E-state index is 0.532. The van der Waals surface area contributed by atoms with E-state index >= 15 is 0 Å². The van der Waals surface area contributed by atoms with Gasteiger partial charge in [0, 0.05) is 6.92 Å². The molecule has 0 amide bonds. The molecule has 0 aliphatic heterocycles. The van der Waals surface area contributed by atoms with Crippen LogP contribution in [0.2, 0.25) is 0 Å². The average molecular weight is 318 g/mol. The highest BCUT2D eigenvalue weighted by atomic mass is 32.2. The van der Waals surface area contributed by atoms with Crippen LogP contribution in [0.3, 0.4) is 0 Å². The zero-order valence-electron chi connectivity index (χ0n) is 12.1. The number of rotatable bonds is 6. The highest BCUT2D eigenvalue weighted by molar-refractivity contribution is 7.98. The molecular weight excluding hydrogens is 304 g/mol. The van der Waals surface area contributed by atoms with Crippen molar-refractivity contribution in [3.8, 4) is 5.75 Å². The summed E-state index contributed by atoms with van der Waals surface area (Å²) in [5.74, 6) is 2.46. The summed E-state index contributed by atoms with van der Waals surface area (Å²) in [5, 5.41) is 20.2. The smallest absolute Gasteiger partial charge is 0.226 e. The summed E-state index contributed by atoms with van der Waals surface area (Å²) in [6, 6.07) is 7.79. The molecule has 0 atom stereocenters. The van der Waals surface area contributed by atoms with Gasteiger partial charge in [-0.2, -0.15) is 0 Å². The third kappa shape index (κ3) is 3.42. The zero-order chi connectivity index (χ0) is 15.4. The van der Waals surface area contributed by atoms with Crippen molar-refractivity contribution in [1.29, 1.82) is 0 Å². The van der Waals surface area contributed by atoms with Gasteiger partial charge in [-0.3, -0.25) is 0 Å². The van der Waals surface area contributed by atoms with Crippen LogP contribution in [-0.4, -0.2) is 37.5 Å². The first-order valence-corrected chi connectivity index (χ1v) is 7.54. The van der Waals surface area contributed by atoms with E-state index in [0.29, 0.717) is 29.2 Å². The molecule has 2 heterocycles. The molecule has 0 aliphatic carbocycles. The van der Waals surface area contributed by atoms with Gasteiger partial charge in [0.15, 0.2) is 0 Å². The number of ether oxygens (including phenoxy) is 1. The number of aromatic nitrogens is 6. The number of hydrogen-bond acceptors (Lipinski definition) is 8. The van der Waals surface area contributed by atoms with Crippen LogP contribution >= 0.6 is 11.8 Å². The summed E-state index contributed by atoms with van der Waals surface area (Å²) in [4.78, 5) is 0. The number of hydrogen-bond donors (Lipinski definition) is 0. The lowest BCUT2D eigenvalue weighted by molar-refractivity contribution is 0.414. The molecule has 0 saturated carbocycles. The van der Waals surface area contributed by atoms with Crippen LogP contribution in [0.1, 0.15) is 17.3 Å². The Morgan fingerprint density at radius 1 is 1.18 bits per heavy atom. The summed E-state index contributed by atoms with van der Waals surface area (Å²) in [5.41, 5.74) is 1.09. The van der Waals surface area contributed by atoms with Gasteiger partial charge in [-0.05, 0) is 28.1 Å². The average Bonchev–Trinajstić information content (AvgIpc) is 3.15. The first kappa shape index (κ1) is 14.5. The van der Waals surface area contributed by atoms with Crippen LogP contribution < -0.4 is 4.74 Å². The standard InChI is InChI=1S/C13H14N6O2S/c1-9-14-15-12(21-9)8-22-13-16-17-18-19(13)7-10-3-5-11(20-2)6-4-10/h3-6H,7-8H2,1-2H3. The molecule has 0 unspecified atom stereocenters. The molecule has 114 valence electrons. The number of nitrogens with zero attached hydrogens (tertiary/aromatic N) is 6. The van der Waals surface area contributed by atoms with E-state index in [0.717, 1.165) is 11.3 Å². The molecule has 3 aromatic rings. The van der Waals surface area contributed by atoms with Gasteiger partial charge in [0.05, 0.1) is 19.4 Å². The summed E-state index contributed by atoms with van der Waals surface area (Å²) in [6.45, 7) is 2.34. The third-order valence-corrected chi connectivity index (χ3v) is 3.82. The zero-order valence-corrected chi connectivity index (χ0v) is 12.9. The molecule has 0 saturated heterocycles. The van der Waals surface area contributed by atoms with Crippen LogP contribution in [0.5, 0.6) is 5.75 Å². The molecular formula is C13H14N6O2S. The molecule has 9 heteroatoms. The molecule has 3 rings (SSSR count). The number of thioether (sulfide) groups is 1. The second-order valence-corrected chi connectivity index (χ2v) is 5.41. The number of aryl methyl sites for hydroxylation is 1. The minimum Gasteiger partial charge on any atom is -0.497 e. The Labute approximate surface area is 130 Å². The monoisotopic (exact) mass is 318 g/mol. The van der Waals surface area contributed by atoms with Gasteiger partial charge in [0.1, 0.15) is 5.75 Å². The highest BCUT2D eigenvalue weighted by Crippen LogP contribution is 2.20. The Balaban J connectivity index is 1.66. The Morgan fingerprint density at radius 3 is 2.68 bits per heavy atom. The van der Waals surface area contributed by atoms with Gasteiger partial charge >= 0.3 is 0 Å². The van der Waals surface area contributed by atoms with Gasteiger partial charge in [-0.15, -0.1) is 15.3 Å². The van der Waals surface area contributed by atoms with Crippen molar-refractivity contribution in [3.05, 3.63) is 41.6 Å². The van der Waals surface area contributed by atoms with E-state index in [-0.39, 0.29) is 0 Å². The summed E-state index contributed by atoms with van der Waals surface area (Å²) < 4.78 is 12.2. The fraction of sp³-hybridized carbons (Fsp3) is 0.308. The first-order chi connectivity index (χ1) is 10.7. The fourth-order valence-electron chi connectivity index (χ4n) is 1.83. The Kier molecular flexibility index (Phi) is 4.33. The first-order valence-electron chi connectivity index (χ1n) is 6.55. The molecule has 22 heavy (non-hydrogen) atoms. The van der Waals surface area contributed by atoms with E-state index in [2.05, 4.69) is 25.7 Å². The van der Waals surface area contributed by atoms with Gasteiger partial charge in [-0.1, -0.05) is 23.9 Å². The van der Waals surface area contributed by atoms with E-state index in [1.54, 1.807) is 18.7 Å². The Bertz CT molecular complexity index is 739. The van der Waals surface area contributed by atoms with Crippen molar-refractivity contribution in [2.75, 3.05) is 7.11 Å². The second-order valence-electron chi connectivity index (χ2n) is 4.47. The van der Waals surface area contributed by atoms with E-state index in [9.17, 15) is 0 Å². The van der Waals surface area contributed by atoms with Crippen LogP contribution in [0.15, 0.2) is 33.8 Å². The van der Waals surface area contributed by atoms with Crippen LogP contribution in [0.25, 0.3) is 0 Å². The maximum atomic E-state index is 5.33.